The number of nitrogens with one attached hydrogen (secondary N) is 1. The van der Waals surface area contributed by atoms with Gasteiger partial charge in [0.15, 0.2) is 0 Å². The number of halogens is 2. The first kappa shape index (κ1) is 16.6. The van der Waals surface area contributed by atoms with Crippen LogP contribution in [0.4, 0.5) is 0 Å². The average Bonchev–Trinajstić information content (AvgIpc) is 2.16. The fraction of sp³-hybridized carbons (Fsp3) is 0.444. The molecular formula is C9H15Cl2N3O2S. The smallest absolute Gasteiger partial charge is 0.242 e. The van der Waals surface area contributed by atoms with Crippen molar-refractivity contribution in [2.75, 3.05) is 6.54 Å². The van der Waals surface area contributed by atoms with Crippen molar-refractivity contribution in [2.45, 2.75) is 24.3 Å². The van der Waals surface area contributed by atoms with Gasteiger partial charge in [-0.25, -0.2) is 13.1 Å². The maximum Gasteiger partial charge on any atom is 0.242 e. The number of nitrogens with zero attached hydrogens (tertiary/aromatic N) is 1. The van der Waals surface area contributed by atoms with Crippen molar-refractivity contribution in [1.82, 2.24) is 9.71 Å². The fourth-order valence-electron chi connectivity index (χ4n) is 1.00. The van der Waals surface area contributed by atoms with E-state index in [1.165, 1.54) is 18.5 Å². The second kappa shape index (κ2) is 5.97. The van der Waals surface area contributed by atoms with Gasteiger partial charge in [-0.3, -0.25) is 4.98 Å². The topological polar surface area (TPSA) is 85.1 Å². The van der Waals surface area contributed by atoms with Crippen molar-refractivity contribution in [3.8, 4) is 0 Å². The first-order valence-electron chi connectivity index (χ1n) is 4.61. The van der Waals surface area contributed by atoms with Gasteiger partial charge in [0.05, 0.1) is 5.02 Å². The molecule has 0 aliphatic carbocycles. The summed E-state index contributed by atoms with van der Waals surface area (Å²) < 4.78 is 26.3. The third-order valence-electron chi connectivity index (χ3n) is 1.91. The molecule has 3 N–H and O–H groups in total. The number of sulfonamides is 1. The minimum Gasteiger partial charge on any atom is -0.329 e. The van der Waals surface area contributed by atoms with Crippen molar-refractivity contribution in [3.05, 3.63) is 23.5 Å². The molecule has 5 nitrogen and oxygen atoms in total. The van der Waals surface area contributed by atoms with Crippen LogP contribution >= 0.6 is 24.0 Å². The van der Waals surface area contributed by atoms with E-state index in [-0.39, 0.29) is 28.9 Å². The Hall–Kier alpha value is -0.400. The predicted octanol–water partition coefficient (Wildman–Crippen LogP) is 1.17. The molecule has 98 valence electrons. The lowest BCUT2D eigenvalue weighted by molar-refractivity contribution is 0.462. The van der Waals surface area contributed by atoms with Crippen LogP contribution in [0.1, 0.15) is 13.8 Å². The van der Waals surface area contributed by atoms with E-state index >= 15 is 0 Å². The molecule has 0 aliphatic rings. The van der Waals surface area contributed by atoms with E-state index in [9.17, 15) is 8.42 Å². The van der Waals surface area contributed by atoms with Crippen molar-refractivity contribution in [1.29, 1.82) is 0 Å². The molecule has 0 saturated carbocycles. The molecule has 0 spiro atoms. The van der Waals surface area contributed by atoms with Gasteiger partial charge in [-0.05, 0) is 19.9 Å². The Bertz CT molecular complexity index is 477. The highest BCUT2D eigenvalue weighted by Crippen LogP contribution is 2.15. The number of hydrogen-bond donors (Lipinski definition) is 2. The maximum absolute atomic E-state index is 11.9. The van der Waals surface area contributed by atoms with Crippen LogP contribution in [0.15, 0.2) is 23.4 Å². The third kappa shape index (κ3) is 4.77. The Balaban J connectivity index is 0.00000256. The zero-order valence-corrected chi connectivity index (χ0v) is 11.9. The SMILES string of the molecule is CC(C)(CN)NS(=O)(=O)c1cncc(Cl)c1.Cl. The second-order valence-corrected chi connectivity index (χ2v) is 6.15. The van der Waals surface area contributed by atoms with Gasteiger partial charge in [-0.1, -0.05) is 11.6 Å². The van der Waals surface area contributed by atoms with Gasteiger partial charge in [0.1, 0.15) is 4.90 Å². The van der Waals surface area contributed by atoms with Crippen LogP contribution in [0, 0.1) is 0 Å². The highest BCUT2D eigenvalue weighted by atomic mass is 35.5. The summed E-state index contributed by atoms with van der Waals surface area (Å²) in [7, 11) is -3.63. The van der Waals surface area contributed by atoms with E-state index in [2.05, 4.69) is 9.71 Å². The Kier molecular flexibility index (Phi) is 5.83. The van der Waals surface area contributed by atoms with Crippen LogP contribution in [-0.4, -0.2) is 25.5 Å². The van der Waals surface area contributed by atoms with E-state index in [0.29, 0.717) is 0 Å². The van der Waals surface area contributed by atoms with Crippen molar-refractivity contribution in [2.24, 2.45) is 5.73 Å². The lowest BCUT2D eigenvalue weighted by Gasteiger charge is -2.23. The summed E-state index contributed by atoms with van der Waals surface area (Å²) in [5.41, 5.74) is 4.75. The lowest BCUT2D eigenvalue weighted by atomic mass is 10.1. The zero-order chi connectivity index (χ0) is 12.4. The third-order valence-corrected chi connectivity index (χ3v) is 3.78. The molecule has 0 atom stereocenters. The van der Waals surface area contributed by atoms with Gasteiger partial charge in [0.2, 0.25) is 10.0 Å². The molecule has 0 aliphatic heterocycles. The summed E-state index contributed by atoms with van der Waals surface area (Å²) in [6.45, 7) is 3.59. The zero-order valence-electron chi connectivity index (χ0n) is 9.47. The predicted molar refractivity (Wildman–Crippen MR) is 69.9 cm³/mol. The number of hydrogen-bond acceptors (Lipinski definition) is 4. The second-order valence-electron chi connectivity index (χ2n) is 4.03. The molecule has 0 bridgehead atoms. The van der Waals surface area contributed by atoms with Crippen LogP contribution < -0.4 is 10.5 Å². The molecule has 0 fully saturated rings. The molecule has 0 unspecified atom stereocenters. The van der Waals surface area contributed by atoms with Crippen LogP contribution in [0.5, 0.6) is 0 Å². The van der Waals surface area contributed by atoms with Gasteiger partial charge in [0.25, 0.3) is 0 Å². The van der Waals surface area contributed by atoms with Gasteiger partial charge in [-0.2, -0.15) is 0 Å². The number of pyridine rings is 1. The van der Waals surface area contributed by atoms with Crippen LogP contribution in [0.25, 0.3) is 0 Å². The van der Waals surface area contributed by atoms with Gasteiger partial charge in [0, 0.05) is 24.5 Å². The Morgan fingerprint density at radius 2 is 2.06 bits per heavy atom. The molecule has 0 saturated heterocycles. The van der Waals surface area contributed by atoms with Crippen molar-refractivity contribution < 1.29 is 8.42 Å². The quantitative estimate of drug-likeness (QED) is 0.874. The first-order chi connectivity index (χ1) is 7.27. The molecule has 1 aromatic heterocycles. The largest absolute Gasteiger partial charge is 0.329 e. The molecule has 1 heterocycles. The Morgan fingerprint density at radius 3 is 2.53 bits per heavy atom. The Labute approximate surface area is 112 Å². The Morgan fingerprint density at radius 1 is 1.47 bits per heavy atom. The summed E-state index contributed by atoms with van der Waals surface area (Å²) in [6, 6.07) is 1.34. The molecule has 0 amide bonds. The first-order valence-corrected chi connectivity index (χ1v) is 6.47. The highest BCUT2D eigenvalue weighted by molar-refractivity contribution is 7.89. The summed E-state index contributed by atoms with van der Waals surface area (Å²) in [5, 5.41) is 0.272. The van der Waals surface area contributed by atoms with Crippen LogP contribution in [0.2, 0.25) is 5.02 Å². The monoisotopic (exact) mass is 299 g/mol. The molecule has 8 heteroatoms. The molecule has 1 rings (SSSR count). The summed E-state index contributed by atoms with van der Waals surface area (Å²) in [6.07, 6.45) is 2.61. The van der Waals surface area contributed by atoms with E-state index < -0.39 is 15.6 Å². The minimum atomic E-state index is -3.63. The molecule has 17 heavy (non-hydrogen) atoms. The average molecular weight is 300 g/mol. The van der Waals surface area contributed by atoms with E-state index in [0.717, 1.165) is 0 Å². The standard InChI is InChI=1S/C9H14ClN3O2S.ClH/c1-9(2,6-11)13-16(14,15)8-3-7(10)4-12-5-8;/h3-5,13H,6,11H2,1-2H3;1H. The fourth-order valence-corrected chi connectivity index (χ4v) is 2.65. The number of rotatable bonds is 4. The highest BCUT2D eigenvalue weighted by Gasteiger charge is 2.25. The molecular weight excluding hydrogens is 285 g/mol. The lowest BCUT2D eigenvalue weighted by Crippen LogP contribution is -2.48. The summed E-state index contributed by atoms with van der Waals surface area (Å²) >= 11 is 5.68. The van der Waals surface area contributed by atoms with E-state index in [4.69, 9.17) is 17.3 Å². The molecule has 0 radical (unpaired) electrons. The van der Waals surface area contributed by atoms with E-state index in [1.807, 2.05) is 0 Å². The minimum absolute atomic E-state index is 0. The summed E-state index contributed by atoms with van der Waals surface area (Å²) in [5.74, 6) is 0. The summed E-state index contributed by atoms with van der Waals surface area (Å²) in [4.78, 5) is 3.75. The van der Waals surface area contributed by atoms with Crippen LogP contribution in [-0.2, 0) is 10.0 Å². The molecule has 0 aromatic carbocycles. The maximum atomic E-state index is 11.9. The van der Waals surface area contributed by atoms with Gasteiger partial charge in [-0.15, -0.1) is 12.4 Å². The van der Waals surface area contributed by atoms with Crippen LogP contribution in [0.3, 0.4) is 0 Å². The normalized spacial score (nSPS) is 12.0. The van der Waals surface area contributed by atoms with Crippen molar-refractivity contribution in [3.63, 3.8) is 0 Å². The number of aromatic nitrogens is 1. The van der Waals surface area contributed by atoms with E-state index in [1.54, 1.807) is 13.8 Å². The van der Waals surface area contributed by atoms with Gasteiger partial charge < -0.3 is 5.73 Å². The number of nitrogens with two attached hydrogens (primary N) is 1. The van der Waals surface area contributed by atoms with Crippen molar-refractivity contribution >= 4 is 34.0 Å². The molecule has 1 aromatic rings. The van der Waals surface area contributed by atoms with Gasteiger partial charge >= 0.3 is 0 Å².